The molecule has 0 unspecified atom stereocenters. The number of amides is 1. The van der Waals surface area contributed by atoms with Crippen molar-refractivity contribution in [3.63, 3.8) is 0 Å². The molecule has 0 rings (SSSR count). The van der Waals surface area contributed by atoms with Crippen molar-refractivity contribution in [2.75, 3.05) is 13.6 Å². The van der Waals surface area contributed by atoms with E-state index < -0.39 is 0 Å². The molecule has 0 saturated carbocycles. The average Bonchev–Trinajstić information content (AvgIpc) is 2.02. The minimum Gasteiger partial charge on any atom is -0.409 e. The molecule has 0 atom stereocenters. The van der Waals surface area contributed by atoms with Crippen LogP contribution in [-0.4, -0.2) is 35.4 Å². The van der Waals surface area contributed by atoms with Crippen molar-refractivity contribution in [3.05, 3.63) is 0 Å². The Bertz CT molecular complexity index is 189. The topological polar surface area (TPSA) is 78.9 Å². The summed E-state index contributed by atoms with van der Waals surface area (Å²) in [5.74, 6) is -0.0606. The van der Waals surface area contributed by atoms with Crippen LogP contribution in [0.15, 0.2) is 5.16 Å². The van der Waals surface area contributed by atoms with Gasteiger partial charge in [-0.15, -0.1) is 0 Å². The van der Waals surface area contributed by atoms with Gasteiger partial charge in [0.2, 0.25) is 5.91 Å². The van der Waals surface area contributed by atoms with Gasteiger partial charge in [-0.1, -0.05) is 19.0 Å². The van der Waals surface area contributed by atoms with Gasteiger partial charge in [-0.25, -0.2) is 0 Å². The molecule has 12 heavy (non-hydrogen) atoms. The smallest absolute Gasteiger partial charge is 0.225 e. The molecular weight excluding hydrogens is 158 g/mol. The fourth-order valence-corrected chi connectivity index (χ4v) is 0.793. The van der Waals surface area contributed by atoms with Crippen molar-refractivity contribution in [2.45, 2.75) is 13.8 Å². The summed E-state index contributed by atoms with van der Waals surface area (Å²) in [4.78, 5) is 12.6. The normalized spacial score (nSPS) is 11.8. The summed E-state index contributed by atoms with van der Waals surface area (Å²) < 4.78 is 0. The fraction of sp³-hybridized carbons (Fsp3) is 0.714. The number of oxime groups is 1. The van der Waals surface area contributed by atoms with Gasteiger partial charge < -0.3 is 15.8 Å². The largest absolute Gasteiger partial charge is 0.409 e. The average molecular weight is 173 g/mol. The second-order valence-corrected chi connectivity index (χ2v) is 2.94. The Morgan fingerprint density at radius 2 is 2.17 bits per heavy atom. The van der Waals surface area contributed by atoms with Crippen LogP contribution in [-0.2, 0) is 4.79 Å². The Morgan fingerprint density at radius 3 is 2.50 bits per heavy atom. The quantitative estimate of drug-likeness (QED) is 0.269. The number of carbonyl (C=O) groups excluding carboxylic acids is 1. The van der Waals surface area contributed by atoms with E-state index >= 15 is 0 Å². The lowest BCUT2D eigenvalue weighted by molar-refractivity contribution is -0.132. The molecule has 0 aliphatic rings. The zero-order chi connectivity index (χ0) is 9.72. The second-order valence-electron chi connectivity index (χ2n) is 2.94. The summed E-state index contributed by atoms with van der Waals surface area (Å²) in [7, 11) is 1.61. The molecule has 0 saturated heterocycles. The molecule has 0 bridgehead atoms. The number of rotatable bonds is 3. The molecule has 0 fully saturated rings. The summed E-state index contributed by atoms with van der Waals surface area (Å²) in [5.41, 5.74) is 5.22. The fourth-order valence-electron chi connectivity index (χ4n) is 0.793. The predicted octanol–water partition coefficient (Wildman–Crippen LogP) is -0.153. The van der Waals surface area contributed by atoms with Crippen LogP contribution in [0.25, 0.3) is 0 Å². The Morgan fingerprint density at radius 1 is 1.67 bits per heavy atom. The highest BCUT2D eigenvalue weighted by molar-refractivity contribution is 5.87. The van der Waals surface area contributed by atoms with Gasteiger partial charge >= 0.3 is 0 Å². The van der Waals surface area contributed by atoms with E-state index in [4.69, 9.17) is 10.9 Å². The molecule has 0 aromatic heterocycles. The van der Waals surface area contributed by atoms with Crippen LogP contribution >= 0.6 is 0 Å². The van der Waals surface area contributed by atoms with Crippen molar-refractivity contribution >= 4 is 11.7 Å². The highest BCUT2D eigenvalue weighted by atomic mass is 16.4. The molecular formula is C7H15N3O2. The lowest BCUT2D eigenvalue weighted by Crippen LogP contribution is -2.37. The van der Waals surface area contributed by atoms with Crippen molar-refractivity contribution in [1.82, 2.24) is 4.90 Å². The van der Waals surface area contributed by atoms with Crippen LogP contribution < -0.4 is 5.73 Å². The van der Waals surface area contributed by atoms with Gasteiger partial charge in [0.25, 0.3) is 0 Å². The van der Waals surface area contributed by atoms with E-state index in [9.17, 15) is 4.79 Å². The Kier molecular flexibility index (Phi) is 4.10. The molecule has 0 aromatic rings. The van der Waals surface area contributed by atoms with Crippen molar-refractivity contribution in [2.24, 2.45) is 16.8 Å². The van der Waals surface area contributed by atoms with Crippen LogP contribution in [0, 0.1) is 5.92 Å². The zero-order valence-corrected chi connectivity index (χ0v) is 7.61. The third-order valence-electron chi connectivity index (χ3n) is 1.40. The molecule has 0 radical (unpaired) electrons. The van der Waals surface area contributed by atoms with Gasteiger partial charge in [0.1, 0.15) is 0 Å². The van der Waals surface area contributed by atoms with Crippen LogP contribution in [0.3, 0.4) is 0 Å². The van der Waals surface area contributed by atoms with Crippen LogP contribution in [0.5, 0.6) is 0 Å². The number of hydrogen-bond acceptors (Lipinski definition) is 3. The Balaban J connectivity index is 4.04. The van der Waals surface area contributed by atoms with Crippen LogP contribution in [0.2, 0.25) is 0 Å². The Hall–Kier alpha value is -1.26. The lowest BCUT2D eigenvalue weighted by atomic mass is 10.2. The first kappa shape index (κ1) is 10.7. The summed E-state index contributed by atoms with van der Waals surface area (Å²) in [6.45, 7) is 3.75. The molecule has 0 aliphatic carbocycles. The maximum Gasteiger partial charge on any atom is 0.225 e. The van der Waals surface area contributed by atoms with Gasteiger partial charge in [-0.3, -0.25) is 4.79 Å². The van der Waals surface area contributed by atoms with E-state index in [1.54, 1.807) is 20.9 Å². The molecule has 0 heterocycles. The summed E-state index contributed by atoms with van der Waals surface area (Å²) in [6, 6.07) is 0. The summed E-state index contributed by atoms with van der Waals surface area (Å²) in [5, 5.41) is 11.0. The molecule has 0 aliphatic heterocycles. The van der Waals surface area contributed by atoms with Gasteiger partial charge in [-0.05, 0) is 0 Å². The molecule has 0 spiro atoms. The monoisotopic (exact) mass is 173 g/mol. The maximum absolute atomic E-state index is 11.2. The third-order valence-corrected chi connectivity index (χ3v) is 1.40. The first-order chi connectivity index (χ1) is 5.49. The zero-order valence-electron chi connectivity index (χ0n) is 7.61. The third kappa shape index (κ3) is 3.23. The lowest BCUT2D eigenvalue weighted by Gasteiger charge is -2.17. The molecule has 3 N–H and O–H groups in total. The number of carbonyl (C=O) groups is 1. The van der Waals surface area contributed by atoms with E-state index in [0.29, 0.717) is 0 Å². The summed E-state index contributed by atoms with van der Waals surface area (Å²) in [6.07, 6.45) is 0. The molecule has 5 nitrogen and oxygen atoms in total. The van der Waals surface area contributed by atoms with Gasteiger partial charge in [0.15, 0.2) is 5.84 Å². The highest BCUT2D eigenvalue weighted by Crippen LogP contribution is 1.97. The van der Waals surface area contributed by atoms with E-state index in [0.717, 1.165) is 0 Å². The number of likely N-dealkylation sites (N-methyl/N-ethyl adjacent to an activating group) is 1. The van der Waals surface area contributed by atoms with Crippen molar-refractivity contribution in [3.8, 4) is 0 Å². The molecule has 5 heteroatoms. The van der Waals surface area contributed by atoms with Gasteiger partial charge in [-0.2, -0.15) is 0 Å². The standard InChI is InChI=1S/C7H15N3O2/c1-5(2)7(11)10(3)4-6(8)9-12/h5,12H,4H2,1-3H3,(H2,8,9). The van der Waals surface area contributed by atoms with E-state index in [2.05, 4.69) is 5.16 Å². The number of amidine groups is 1. The second kappa shape index (κ2) is 4.58. The van der Waals surface area contributed by atoms with Crippen molar-refractivity contribution in [1.29, 1.82) is 0 Å². The first-order valence-corrected chi connectivity index (χ1v) is 3.70. The van der Waals surface area contributed by atoms with Crippen LogP contribution in [0.4, 0.5) is 0 Å². The number of nitrogens with zero attached hydrogens (tertiary/aromatic N) is 2. The maximum atomic E-state index is 11.2. The van der Waals surface area contributed by atoms with Crippen molar-refractivity contribution < 1.29 is 10.0 Å². The van der Waals surface area contributed by atoms with E-state index in [-0.39, 0.29) is 24.2 Å². The molecule has 1 amide bonds. The summed E-state index contributed by atoms with van der Waals surface area (Å²) >= 11 is 0. The first-order valence-electron chi connectivity index (χ1n) is 3.70. The van der Waals surface area contributed by atoms with Crippen LogP contribution in [0.1, 0.15) is 13.8 Å². The minimum absolute atomic E-state index is 0.0263. The number of nitrogens with two attached hydrogens (primary N) is 1. The van der Waals surface area contributed by atoms with E-state index in [1.165, 1.54) is 4.90 Å². The minimum atomic E-state index is -0.0681. The predicted molar refractivity (Wildman–Crippen MR) is 45.9 cm³/mol. The number of hydrogen-bond donors (Lipinski definition) is 2. The van der Waals surface area contributed by atoms with Gasteiger partial charge in [0.05, 0.1) is 6.54 Å². The van der Waals surface area contributed by atoms with E-state index in [1.807, 2.05) is 0 Å². The molecule has 70 valence electrons. The Labute approximate surface area is 71.8 Å². The molecule has 0 aromatic carbocycles. The van der Waals surface area contributed by atoms with Gasteiger partial charge in [0, 0.05) is 13.0 Å². The SMILES string of the molecule is CC(C)C(=O)N(C)CC(N)=NO. The highest BCUT2D eigenvalue weighted by Gasteiger charge is 2.13.